The van der Waals surface area contributed by atoms with E-state index in [0.29, 0.717) is 23.9 Å². The van der Waals surface area contributed by atoms with Gasteiger partial charge in [-0.05, 0) is 24.6 Å². The Hall–Kier alpha value is -3.89. The molecule has 4 aromatic rings. The maximum atomic E-state index is 12.4. The molecule has 2 N–H and O–H groups in total. The van der Waals surface area contributed by atoms with E-state index in [1.165, 1.54) is 0 Å². The number of hydrogen-bond acceptors (Lipinski definition) is 7. The molecule has 1 saturated heterocycles. The summed E-state index contributed by atoms with van der Waals surface area (Å²) in [5.41, 5.74) is 3.06. The molecule has 0 unspecified atom stereocenters. The van der Waals surface area contributed by atoms with Crippen molar-refractivity contribution in [3.8, 4) is 17.0 Å². The van der Waals surface area contributed by atoms with E-state index in [1.54, 1.807) is 6.07 Å². The number of anilines is 2. The van der Waals surface area contributed by atoms with Crippen molar-refractivity contribution in [3.05, 3.63) is 60.6 Å². The summed E-state index contributed by atoms with van der Waals surface area (Å²) in [4.78, 5) is 19.5. The molecule has 0 saturated carbocycles. The highest BCUT2D eigenvalue weighted by Gasteiger charge is 2.20. The van der Waals surface area contributed by atoms with Gasteiger partial charge in [0, 0.05) is 60.8 Å². The molecule has 10 nitrogen and oxygen atoms in total. The molecule has 1 aliphatic heterocycles. The first kappa shape index (κ1) is 25.7. The molecular weight excluding hydrogens is 484 g/mol. The molecule has 1 aliphatic rings. The lowest BCUT2D eigenvalue weighted by molar-refractivity contribution is 0.0358. The van der Waals surface area contributed by atoms with E-state index < -0.39 is 6.03 Å². The highest BCUT2D eigenvalue weighted by atomic mass is 16.5. The summed E-state index contributed by atoms with van der Waals surface area (Å²) < 4.78 is 18.6. The van der Waals surface area contributed by atoms with Crippen LogP contribution in [-0.2, 0) is 10.2 Å². The quantitative estimate of drug-likeness (QED) is 0.315. The number of benzene rings is 1. The van der Waals surface area contributed by atoms with Gasteiger partial charge in [-0.25, -0.2) is 9.78 Å². The van der Waals surface area contributed by atoms with E-state index in [4.69, 9.17) is 19.0 Å². The minimum absolute atomic E-state index is 0.186. The Morgan fingerprint density at radius 3 is 2.61 bits per heavy atom. The molecule has 10 heteroatoms. The van der Waals surface area contributed by atoms with Crippen LogP contribution in [0.1, 0.15) is 33.0 Å². The molecule has 5 rings (SSSR count). The number of rotatable bonds is 8. The Labute approximate surface area is 221 Å². The molecule has 1 aromatic carbocycles. The molecule has 4 heterocycles. The van der Waals surface area contributed by atoms with Crippen molar-refractivity contribution >= 4 is 23.2 Å². The van der Waals surface area contributed by atoms with Crippen molar-refractivity contribution < 1.29 is 18.8 Å². The molecular formula is C28H34N6O4. The van der Waals surface area contributed by atoms with Gasteiger partial charge in [-0.15, -0.1) is 0 Å². The Bertz CT molecular complexity index is 1370. The van der Waals surface area contributed by atoms with Gasteiger partial charge in [0.25, 0.3) is 0 Å². The summed E-state index contributed by atoms with van der Waals surface area (Å²) in [6, 6.07) is 12.8. The first-order valence-corrected chi connectivity index (χ1v) is 12.9. The number of urea groups is 1. The van der Waals surface area contributed by atoms with Crippen LogP contribution >= 0.6 is 0 Å². The van der Waals surface area contributed by atoms with Crippen LogP contribution in [0, 0.1) is 0 Å². The van der Waals surface area contributed by atoms with Crippen molar-refractivity contribution in [1.82, 2.24) is 19.4 Å². The third kappa shape index (κ3) is 6.51. The van der Waals surface area contributed by atoms with Crippen LogP contribution in [0.3, 0.4) is 0 Å². The predicted octanol–water partition coefficient (Wildman–Crippen LogP) is 5.03. The van der Waals surface area contributed by atoms with E-state index in [1.807, 2.05) is 74.0 Å². The summed E-state index contributed by atoms with van der Waals surface area (Å²) in [5.74, 6) is 1.88. The number of amides is 2. The average molecular weight is 519 g/mol. The number of nitrogens with one attached hydrogen (secondary N) is 2. The summed E-state index contributed by atoms with van der Waals surface area (Å²) in [7, 11) is 0. The summed E-state index contributed by atoms with van der Waals surface area (Å²) in [6.07, 6.45) is 4.91. The van der Waals surface area contributed by atoms with Crippen LogP contribution < -0.4 is 15.4 Å². The molecule has 38 heavy (non-hydrogen) atoms. The molecule has 0 atom stereocenters. The maximum Gasteiger partial charge on any atom is 0.324 e. The third-order valence-electron chi connectivity index (χ3n) is 6.35. The van der Waals surface area contributed by atoms with Gasteiger partial charge < -0.3 is 23.7 Å². The zero-order valence-electron chi connectivity index (χ0n) is 22.1. The summed E-state index contributed by atoms with van der Waals surface area (Å²) in [5, 5.41) is 9.42. The fraction of sp³-hybridized carbons (Fsp3) is 0.393. The highest BCUT2D eigenvalue weighted by molar-refractivity contribution is 5.99. The SMILES string of the molecule is CC(C)(C)c1cc(NC(=O)Nc2ccc(-c3cn4ccc(OCCCN5CCOCC5)cc4n3)cc2)no1. The Morgan fingerprint density at radius 1 is 1.08 bits per heavy atom. The number of imidazole rings is 1. The first-order chi connectivity index (χ1) is 18.3. The highest BCUT2D eigenvalue weighted by Crippen LogP contribution is 2.25. The van der Waals surface area contributed by atoms with E-state index >= 15 is 0 Å². The maximum absolute atomic E-state index is 12.4. The topological polar surface area (TPSA) is 106 Å². The van der Waals surface area contributed by atoms with E-state index in [2.05, 4.69) is 20.7 Å². The van der Waals surface area contributed by atoms with Crippen molar-refractivity contribution in [2.75, 3.05) is 50.1 Å². The second kappa shape index (κ2) is 11.2. The van der Waals surface area contributed by atoms with Crippen LogP contribution in [0.5, 0.6) is 5.75 Å². The van der Waals surface area contributed by atoms with Gasteiger partial charge in [-0.1, -0.05) is 38.1 Å². The molecule has 2 amide bonds. The van der Waals surface area contributed by atoms with Crippen molar-refractivity contribution in [3.63, 3.8) is 0 Å². The van der Waals surface area contributed by atoms with Crippen LogP contribution in [0.15, 0.2) is 59.4 Å². The minimum Gasteiger partial charge on any atom is -0.493 e. The van der Waals surface area contributed by atoms with Crippen molar-refractivity contribution in [2.24, 2.45) is 0 Å². The number of fused-ring (bicyclic) bond motifs is 1. The lowest BCUT2D eigenvalue weighted by Gasteiger charge is -2.26. The molecule has 0 spiro atoms. The largest absolute Gasteiger partial charge is 0.493 e. The zero-order valence-corrected chi connectivity index (χ0v) is 22.1. The van der Waals surface area contributed by atoms with Crippen molar-refractivity contribution in [1.29, 1.82) is 0 Å². The van der Waals surface area contributed by atoms with E-state index in [0.717, 1.165) is 61.9 Å². The van der Waals surface area contributed by atoms with E-state index in [9.17, 15) is 4.79 Å². The lowest BCUT2D eigenvalue weighted by Crippen LogP contribution is -2.37. The minimum atomic E-state index is -0.392. The molecule has 200 valence electrons. The number of nitrogens with zero attached hydrogens (tertiary/aromatic N) is 4. The number of aromatic nitrogens is 3. The fourth-order valence-corrected chi connectivity index (χ4v) is 4.19. The molecule has 3 aromatic heterocycles. The second-order valence-electron chi connectivity index (χ2n) is 10.4. The Morgan fingerprint density at radius 2 is 1.87 bits per heavy atom. The monoisotopic (exact) mass is 518 g/mol. The van der Waals surface area contributed by atoms with E-state index in [-0.39, 0.29) is 5.41 Å². The van der Waals surface area contributed by atoms with Gasteiger partial charge in [0.15, 0.2) is 5.82 Å². The van der Waals surface area contributed by atoms with Crippen LogP contribution in [0.4, 0.5) is 16.3 Å². The molecule has 0 radical (unpaired) electrons. The smallest absolute Gasteiger partial charge is 0.324 e. The zero-order chi connectivity index (χ0) is 26.5. The van der Waals surface area contributed by atoms with Crippen molar-refractivity contribution in [2.45, 2.75) is 32.6 Å². The molecule has 1 fully saturated rings. The van der Waals surface area contributed by atoms with Gasteiger partial charge >= 0.3 is 6.03 Å². The standard InChI is InChI=1S/C28H34N6O4/c1-28(2,3)24-18-25(32-38-24)31-27(35)29-21-7-5-20(6-8-21)23-19-34-11-9-22(17-26(34)30-23)37-14-4-10-33-12-15-36-16-13-33/h5-9,11,17-19H,4,10,12-16H2,1-3H3,(H2,29,31,32,35). The number of ether oxygens (including phenoxy) is 2. The average Bonchev–Trinajstić information content (AvgIpc) is 3.55. The van der Waals surface area contributed by atoms with Gasteiger partial charge in [-0.2, -0.15) is 0 Å². The van der Waals surface area contributed by atoms with Gasteiger partial charge in [0.1, 0.15) is 17.2 Å². The Kier molecular flexibility index (Phi) is 7.62. The van der Waals surface area contributed by atoms with Gasteiger partial charge in [-0.3, -0.25) is 10.2 Å². The van der Waals surface area contributed by atoms with Crippen LogP contribution in [0.25, 0.3) is 16.9 Å². The predicted molar refractivity (Wildman–Crippen MR) is 146 cm³/mol. The fourth-order valence-electron chi connectivity index (χ4n) is 4.19. The summed E-state index contributed by atoms with van der Waals surface area (Å²) >= 11 is 0. The second-order valence-corrected chi connectivity index (χ2v) is 10.4. The Balaban J connectivity index is 1.15. The number of carbonyl (C=O) groups is 1. The third-order valence-corrected chi connectivity index (χ3v) is 6.35. The lowest BCUT2D eigenvalue weighted by atomic mass is 9.93. The first-order valence-electron chi connectivity index (χ1n) is 12.9. The molecule has 0 aliphatic carbocycles. The van der Waals surface area contributed by atoms with Crippen LogP contribution in [-0.4, -0.2) is 64.9 Å². The van der Waals surface area contributed by atoms with Gasteiger partial charge in [0.2, 0.25) is 0 Å². The number of carbonyl (C=O) groups excluding carboxylic acids is 1. The normalized spacial score (nSPS) is 14.5. The molecule has 0 bridgehead atoms. The number of morpholine rings is 1. The number of hydrogen-bond donors (Lipinski definition) is 2. The number of pyridine rings is 1. The summed E-state index contributed by atoms with van der Waals surface area (Å²) in [6.45, 7) is 11.4. The van der Waals surface area contributed by atoms with Gasteiger partial charge in [0.05, 0.1) is 25.5 Å². The van der Waals surface area contributed by atoms with Crippen LogP contribution in [0.2, 0.25) is 0 Å².